The molecule has 0 bridgehead atoms. The monoisotopic (exact) mass is 126 g/mol. The van der Waals surface area contributed by atoms with E-state index in [-0.39, 0.29) is 0 Å². The maximum absolute atomic E-state index is 6.89. The maximum Gasteiger partial charge on any atom is 0.0283 e. The molecule has 0 aliphatic heterocycles. The van der Waals surface area contributed by atoms with Crippen LogP contribution in [-0.2, 0) is 0 Å². The molecule has 0 aliphatic carbocycles. The Morgan fingerprint density at radius 2 is 2.22 bits per heavy atom. The van der Waals surface area contributed by atoms with Crippen LogP contribution in [0, 0.1) is 0 Å². The van der Waals surface area contributed by atoms with Crippen LogP contribution < -0.4 is 5.73 Å². The van der Waals surface area contributed by atoms with Crippen molar-refractivity contribution >= 4 is 0 Å². The van der Waals surface area contributed by atoms with Gasteiger partial charge in [0.15, 0.2) is 0 Å². The van der Waals surface area contributed by atoms with Crippen LogP contribution in [-0.4, -0.2) is 6.54 Å². The Kier molecular flexibility index (Phi) is 5.64. The van der Waals surface area contributed by atoms with E-state index in [1.54, 1.807) is 0 Å². The van der Waals surface area contributed by atoms with E-state index in [1.165, 1.54) is 24.8 Å². The predicted molar refractivity (Wildman–Crippen MR) is 41.2 cm³/mol. The van der Waals surface area contributed by atoms with Crippen LogP contribution in [0.4, 0.5) is 0 Å². The minimum absolute atomic E-state index is 0.440. The van der Waals surface area contributed by atoms with Crippen LogP contribution in [0.2, 0.25) is 0 Å². The average molecular weight is 126 g/mol. The molecule has 1 N–H and O–H groups in total. The summed E-state index contributed by atoms with van der Waals surface area (Å²) in [5.74, 6) is 0. The molecule has 0 rings (SSSR count). The molecule has 0 aromatic heterocycles. The Balaban J connectivity index is 3.25. The molecule has 1 nitrogen and oxygen atoms in total. The average Bonchev–Trinajstić information content (AvgIpc) is 1.85. The first-order valence-corrected chi connectivity index (χ1v) is 3.61. The predicted octanol–water partition coefficient (Wildman–Crippen LogP) is 2.41. The lowest BCUT2D eigenvalue weighted by Gasteiger charge is -1.96. The van der Waals surface area contributed by atoms with Crippen LogP contribution >= 0.6 is 0 Å². The fraction of sp³-hybridized carbons (Fsp3) is 0.750. The summed E-state index contributed by atoms with van der Waals surface area (Å²) in [6.45, 7) is 4.73. The molecule has 1 radical (unpaired) electrons. The van der Waals surface area contributed by atoms with Crippen molar-refractivity contribution in [1.82, 2.24) is 5.73 Å². The van der Waals surface area contributed by atoms with Crippen molar-refractivity contribution < 1.29 is 0 Å². The van der Waals surface area contributed by atoms with E-state index >= 15 is 0 Å². The quantitative estimate of drug-likeness (QED) is 0.516. The van der Waals surface area contributed by atoms with Gasteiger partial charge in [-0.2, -0.15) is 0 Å². The van der Waals surface area contributed by atoms with Gasteiger partial charge in [-0.15, -0.1) is 0 Å². The Labute approximate surface area is 57.9 Å². The summed E-state index contributed by atoms with van der Waals surface area (Å²) in [6, 6.07) is 0. The lowest BCUT2D eigenvalue weighted by Crippen LogP contribution is -1.82. The summed E-state index contributed by atoms with van der Waals surface area (Å²) in [5, 5.41) is 0. The molecule has 0 saturated carbocycles. The molecule has 0 unspecified atom stereocenters. The summed E-state index contributed by atoms with van der Waals surface area (Å²) < 4.78 is 0. The van der Waals surface area contributed by atoms with Crippen molar-refractivity contribution in [3.05, 3.63) is 11.6 Å². The number of hydrogen-bond donors (Lipinski definition) is 0. The smallest absolute Gasteiger partial charge is 0.0283 e. The van der Waals surface area contributed by atoms with E-state index in [1.807, 2.05) is 6.08 Å². The van der Waals surface area contributed by atoms with Gasteiger partial charge in [0.05, 0.1) is 0 Å². The van der Waals surface area contributed by atoms with Gasteiger partial charge in [0.25, 0.3) is 0 Å². The van der Waals surface area contributed by atoms with Crippen molar-refractivity contribution in [3.63, 3.8) is 0 Å². The van der Waals surface area contributed by atoms with Gasteiger partial charge in [0.2, 0.25) is 0 Å². The molecular weight excluding hydrogens is 110 g/mol. The van der Waals surface area contributed by atoms with Crippen molar-refractivity contribution in [1.29, 1.82) is 0 Å². The highest BCUT2D eigenvalue weighted by Gasteiger charge is 1.85. The molecule has 0 spiro atoms. The Morgan fingerprint density at radius 1 is 1.56 bits per heavy atom. The highest BCUT2D eigenvalue weighted by atomic mass is 14.5. The maximum atomic E-state index is 6.89. The topological polar surface area (TPSA) is 23.8 Å². The lowest BCUT2D eigenvalue weighted by atomic mass is 10.1. The van der Waals surface area contributed by atoms with E-state index in [4.69, 9.17) is 5.73 Å². The van der Waals surface area contributed by atoms with E-state index in [0.717, 1.165) is 0 Å². The minimum atomic E-state index is 0.440. The highest BCUT2D eigenvalue weighted by Crippen LogP contribution is 2.04. The molecule has 9 heavy (non-hydrogen) atoms. The first-order chi connectivity index (χ1) is 4.31. The van der Waals surface area contributed by atoms with Crippen molar-refractivity contribution in [3.8, 4) is 0 Å². The van der Waals surface area contributed by atoms with E-state index in [2.05, 4.69) is 13.8 Å². The first kappa shape index (κ1) is 8.70. The van der Waals surface area contributed by atoms with Gasteiger partial charge in [-0.25, -0.2) is 0 Å². The van der Waals surface area contributed by atoms with Crippen LogP contribution in [0.5, 0.6) is 0 Å². The number of rotatable bonds is 4. The number of allylic oxidation sites excluding steroid dienone is 1. The Bertz CT molecular complexity index is 84.6. The summed E-state index contributed by atoms with van der Waals surface area (Å²) in [5.41, 5.74) is 8.26. The second kappa shape index (κ2) is 5.83. The SMILES string of the molecule is CCCCC(C)=CC[NH]. The van der Waals surface area contributed by atoms with Gasteiger partial charge in [-0.05, 0) is 19.8 Å². The van der Waals surface area contributed by atoms with E-state index < -0.39 is 0 Å². The van der Waals surface area contributed by atoms with E-state index in [0.29, 0.717) is 6.54 Å². The Morgan fingerprint density at radius 3 is 2.67 bits per heavy atom. The third-order valence-electron chi connectivity index (χ3n) is 1.38. The molecule has 0 heterocycles. The van der Waals surface area contributed by atoms with Gasteiger partial charge in [0, 0.05) is 6.54 Å². The molecule has 0 aromatic carbocycles. The van der Waals surface area contributed by atoms with Gasteiger partial charge in [-0.3, -0.25) is 5.73 Å². The molecule has 0 aromatic rings. The summed E-state index contributed by atoms with van der Waals surface area (Å²) in [7, 11) is 0. The fourth-order valence-corrected chi connectivity index (χ4v) is 0.732. The number of nitrogens with one attached hydrogen (secondary N) is 1. The second-order valence-electron chi connectivity index (χ2n) is 2.36. The normalized spacial score (nSPS) is 12.1. The third-order valence-corrected chi connectivity index (χ3v) is 1.38. The third kappa shape index (κ3) is 5.57. The van der Waals surface area contributed by atoms with Gasteiger partial charge >= 0.3 is 0 Å². The molecule has 0 atom stereocenters. The van der Waals surface area contributed by atoms with Crippen LogP contribution in [0.25, 0.3) is 0 Å². The van der Waals surface area contributed by atoms with E-state index in [9.17, 15) is 0 Å². The number of hydrogen-bond acceptors (Lipinski definition) is 0. The lowest BCUT2D eigenvalue weighted by molar-refractivity contribution is 0.784. The van der Waals surface area contributed by atoms with Gasteiger partial charge in [0.1, 0.15) is 0 Å². The number of unbranched alkanes of at least 4 members (excludes halogenated alkanes) is 1. The molecule has 0 saturated heterocycles. The molecule has 0 fully saturated rings. The standard InChI is InChI=1S/C8H16N/c1-3-4-5-8(2)6-7-9/h6,9H,3-5,7H2,1-2H3. The van der Waals surface area contributed by atoms with Crippen molar-refractivity contribution in [2.24, 2.45) is 0 Å². The first-order valence-electron chi connectivity index (χ1n) is 3.61. The van der Waals surface area contributed by atoms with Gasteiger partial charge in [-0.1, -0.05) is 25.0 Å². The summed E-state index contributed by atoms with van der Waals surface area (Å²) in [6.07, 6.45) is 5.68. The fourth-order valence-electron chi connectivity index (χ4n) is 0.732. The summed E-state index contributed by atoms with van der Waals surface area (Å²) >= 11 is 0. The van der Waals surface area contributed by atoms with Crippen LogP contribution in [0.1, 0.15) is 33.1 Å². The second-order valence-corrected chi connectivity index (χ2v) is 2.36. The zero-order valence-corrected chi connectivity index (χ0v) is 6.41. The molecule has 1 heteroatoms. The molecule has 53 valence electrons. The largest absolute Gasteiger partial charge is 0.254 e. The highest BCUT2D eigenvalue weighted by molar-refractivity contribution is 4.97. The summed E-state index contributed by atoms with van der Waals surface area (Å²) in [4.78, 5) is 0. The minimum Gasteiger partial charge on any atom is -0.254 e. The van der Waals surface area contributed by atoms with Crippen molar-refractivity contribution in [2.75, 3.05) is 6.54 Å². The zero-order chi connectivity index (χ0) is 7.11. The molecule has 0 amide bonds. The Hall–Kier alpha value is -0.300. The molecule has 0 aliphatic rings. The molecular formula is C8H16N. The van der Waals surface area contributed by atoms with Crippen molar-refractivity contribution in [2.45, 2.75) is 33.1 Å². The van der Waals surface area contributed by atoms with Crippen LogP contribution in [0.15, 0.2) is 11.6 Å². The zero-order valence-electron chi connectivity index (χ0n) is 6.41. The van der Waals surface area contributed by atoms with Crippen LogP contribution in [0.3, 0.4) is 0 Å². The van der Waals surface area contributed by atoms with Gasteiger partial charge < -0.3 is 0 Å².